The molecule has 0 unspecified atom stereocenters. The van der Waals surface area contributed by atoms with Crippen molar-refractivity contribution in [1.82, 2.24) is 9.97 Å². The predicted molar refractivity (Wildman–Crippen MR) is 157 cm³/mol. The average molecular weight is 623 g/mol. The van der Waals surface area contributed by atoms with Gasteiger partial charge in [-0.05, 0) is 60.2 Å². The first-order chi connectivity index (χ1) is 21.3. The van der Waals surface area contributed by atoms with E-state index in [4.69, 9.17) is 0 Å². The molecule has 4 N–H and O–H groups in total. The van der Waals surface area contributed by atoms with E-state index in [9.17, 15) is 36.6 Å². The molecule has 4 aromatic carbocycles. The number of benzene rings is 4. The summed E-state index contributed by atoms with van der Waals surface area (Å²) in [5.41, 5.74) is 1.72. The van der Waals surface area contributed by atoms with Gasteiger partial charge < -0.3 is 25.5 Å². The maximum Gasteiger partial charge on any atom is 0.573 e. The van der Waals surface area contributed by atoms with Gasteiger partial charge in [0.2, 0.25) is 11.7 Å². The van der Waals surface area contributed by atoms with Gasteiger partial charge in [-0.3, -0.25) is 9.59 Å². The Bertz CT molecular complexity index is 1910. The van der Waals surface area contributed by atoms with Crippen molar-refractivity contribution < 1.29 is 41.4 Å². The Kier molecular flexibility index (Phi) is 8.52. The molecule has 0 atom stereocenters. The van der Waals surface area contributed by atoms with E-state index in [2.05, 4.69) is 25.3 Å². The standard InChI is InChI=1S/C32H23F5N4O4/c1-17(42)39-23-7-5-18(6-8-23)16-38-24-9-10-26-27(15-24)41-31(40-26)28(30(44)20-11-21(33)14-22(34)12-20)29(43)19-3-2-4-25(13-19)45-32(35,36)37/h2-15,38,44H,16H2,1H3,(H,39,42)(H,40,41)/b30-28+. The number of anilines is 2. The third-order valence-corrected chi connectivity index (χ3v) is 6.42. The van der Waals surface area contributed by atoms with Gasteiger partial charge in [0.15, 0.2) is 0 Å². The molecule has 0 saturated carbocycles. The van der Waals surface area contributed by atoms with Crippen molar-refractivity contribution in [3.05, 3.63) is 119 Å². The van der Waals surface area contributed by atoms with Crippen LogP contribution in [0.1, 0.15) is 34.2 Å². The Morgan fingerprint density at radius 1 is 0.889 bits per heavy atom. The number of rotatable bonds is 9. The molecular weight excluding hydrogens is 599 g/mol. The first-order valence-electron chi connectivity index (χ1n) is 13.3. The number of hydrogen-bond acceptors (Lipinski definition) is 6. The normalized spacial score (nSPS) is 12.0. The molecule has 45 heavy (non-hydrogen) atoms. The van der Waals surface area contributed by atoms with Crippen molar-refractivity contribution in [1.29, 1.82) is 0 Å². The zero-order valence-electron chi connectivity index (χ0n) is 23.3. The van der Waals surface area contributed by atoms with Crippen LogP contribution in [0, 0.1) is 11.6 Å². The first-order valence-corrected chi connectivity index (χ1v) is 13.3. The van der Waals surface area contributed by atoms with Crippen molar-refractivity contribution in [2.24, 2.45) is 0 Å². The lowest BCUT2D eigenvalue weighted by Gasteiger charge is -2.12. The van der Waals surface area contributed by atoms with Gasteiger partial charge in [-0.1, -0.05) is 24.3 Å². The molecule has 1 aromatic heterocycles. The fraction of sp³-hybridized carbons (Fsp3) is 0.0938. The quantitative estimate of drug-likeness (QED) is 0.0582. The fourth-order valence-corrected chi connectivity index (χ4v) is 4.49. The maximum absolute atomic E-state index is 14.0. The number of aliphatic hydroxyl groups excluding tert-OH is 1. The van der Waals surface area contributed by atoms with Crippen LogP contribution < -0.4 is 15.4 Å². The van der Waals surface area contributed by atoms with E-state index in [1.807, 2.05) is 12.1 Å². The molecule has 1 heterocycles. The monoisotopic (exact) mass is 622 g/mol. The predicted octanol–water partition coefficient (Wildman–Crippen LogP) is 7.62. The third kappa shape index (κ3) is 7.63. The second kappa shape index (κ2) is 12.5. The van der Waals surface area contributed by atoms with Crippen LogP contribution in [0.3, 0.4) is 0 Å². The summed E-state index contributed by atoms with van der Waals surface area (Å²) in [5, 5.41) is 17.1. The van der Waals surface area contributed by atoms with E-state index in [1.54, 1.807) is 30.3 Å². The number of nitrogens with one attached hydrogen (secondary N) is 3. The number of ketones is 1. The summed E-state index contributed by atoms with van der Waals surface area (Å²) >= 11 is 0. The molecule has 0 aliphatic heterocycles. The number of nitrogens with zero attached hydrogens (tertiary/aromatic N) is 1. The number of aromatic nitrogens is 2. The largest absolute Gasteiger partial charge is 0.573 e. The molecule has 230 valence electrons. The Morgan fingerprint density at radius 3 is 2.24 bits per heavy atom. The third-order valence-electron chi connectivity index (χ3n) is 6.42. The Labute approximate surface area is 252 Å². The molecule has 5 aromatic rings. The molecule has 0 bridgehead atoms. The number of hydrogen-bond donors (Lipinski definition) is 4. The van der Waals surface area contributed by atoms with Gasteiger partial charge in [0.05, 0.1) is 11.0 Å². The van der Waals surface area contributed by atoms with E-state index in [0.717, 1.165) is 35.9 Å². The minimum Gasteiger partial charge on any atom is -0.506 e. The van der Waals surface area contributed by atoms with Gasteiger partial charge >= 0.3 is 6.36 Å². The number of amides is 1. The summed E-state index contributed by atoms with van der Waals surface area (Å²) in [5.74, 6) is -5.00. The van der Waals surface area contributed by atoms with Gasteiger partial charge in [-0.2, -0.15) is 0 Å². The molecule has 0 fully saturated rings. The number of fused-ring (bicyclic) bond motifs is 1. The lowest BCUT2D eigenvalue weighted by atomic mass is 9.98. The first kappa shape index (κ1) is 30.7. The van der Waals surface area contributed by atoms with Crippen LogP contribution in [0.5, 0.6) is 5.75 Å². The molecule has 0 aliphatic rings. The summed E-state index contributed by atoms with van der Waals surface area (Å²) < 4.78 is 70.5. The van der Waals surface area contributed by atoms with E-state index in [-0.39, 0.29) is 17.3 Å². The number of carbonyl (C=O) groups is 2. The number of aliphatic hydroxyl groups is 1. The fourth-order valence-electron chi connectivity index (χ4n) is 4.49. The highest BCUT2D eigenvalue weighted by Crippen LogP contribution is 2.31. The van der Waals surface area contributed by atoms with Crippen LogP contribution in [-0.2, 0) is 11.3 Å². The van der Waals surface area contributed by atoms with Crippen LogP contribution in [0.25, 0.3) is 22.4 Å². The second-order valence-corrected chi connectivity index (χ2v) is 9.84. The minimum atomic E-state index is -5.03. The lowest BCUT2D eigenvalue weighted by molar-refractivity contribution is -0.274. The number of aromatic amines is 1. The smallest absolute Gasteiger partial charge is 0.506 e. The number of alkyl halides is 3. The zero-order valence-corrected chi connectivity index (χ0v) is 23.3. The Balaban J connectivity index is 1.50. The van der Waals surface area contributed by atoms with Crippen molar-refractivity contribution in [3.63, 3.8) is 0 Å². The lowest BCUT2D eigenvalue weighted by Crippen LogP contribution is -2.17. The molecule has 0 spiro atoms. The van der Waals surface area contributed by atoms with Gasteiger partial charge in [0.25, 0.3) is 0 Å². The number of halogens is 5. The summed E-state index contributed by atoms with van der Waals surface area (Å²) in [6.07, 6.45) is -5.03. The average Bonchev–Trinajstić information content (AvgIpc) is 3.38. The summed E-state index contributed by atoms with van der Waals surface area (Å²) in [6.45, 7) is 1.83. The van der Waals surface area contributed by atoms with Gasteiger partial charge in [0.1, 0.15) is 34.5 Å². The summed E-state index contributed by atoms with van der Waals surface area (Å²) in [6, 6.07) is 18.5. The van der Waals surface area contributed by atoms with E-state index in [0.29, 0.717) is 35.0 Å². The SMILES string of the molecule is CC(=O)Nc1ccc(CNc2ccc3nc(/C(C(=O)c4cccc(OC(F)(F)F)c4)=C(/O)c4cc(F)cc(F)c4)[nH]c3c2)cc1. The van der Waals surface area contributed by atoms with Gasteiger partial charge in [-0.25, -0.2) is 13.8 Å². The number of H-pyrrole nitrogens is 1. The molecular formula is C32H23F5N4O4. The Morgan fingerprint density at radius 2 is 1.58 bits per heavy atom. The summed E-state index contributed by atoms with van der Waals surface area (Å²) in [7, 11) is 0. The topological polar surface area (TPSA) is 116 Å². The van der Waals surface area contributed by atoms with E-state index < -0.39 is 46.4 Å². The van der Waals surface area contributed by atoms with Gasteiger partial charge in [-0.15, -0.1) is 13.2 Å². The van der Waals surface area contributed by atoms with Crippen molar-refractivity contribution >= 4 is 45.4 Å². The minimum absolute atomic E-state index is 0.187. The van der Waals surface area contributed by atoms with Gasteiger partial charge in [0, 0.05) is 42.0 Å². The van der Waals surface area contributed by atoms with Crippen LogP contribution >= 0.6 is 0 Å². The number of carbonyl (C=O) groups excluding carboxylic acids is 2. The van der Waals surface area contributed by atoms with Crippen LogP contribution in [0.2, 0.25) is 0 Å². The number of imidazole rings is 1. The van der Waals surface area contributed by atoms with Crippen LogP contribution in [0.15, 0.2) is 84.9 Å². The Hall–Kier alpha value is -5.72. The molecule has 13 heteroatoms. The number of allylic oxidation sites excluding steroid dienone is 1. The number of Topliss-reactive ketones (excluding diaryl/α,β-unsaturated/α-hetero) is 1. The highest BCUT2D eigenvalue weighted by molar-refractivity contribution is 6.33. The second-order valence-electron chi connectivity index (χ2n) is 9.84. The van der Waals surface area contributed by atoms with Crippen molar-refractivity contribution in [2.75, 3.05) is 10.6 Å². The van der Waals surface area contributed by atoms with Crippen molar-refractivity contribution in [2.45, 2.75) is 19.8 Å². The van der Waals surface area contributed by atoms with E-state index in [1.165, 1.54) is 13.0 Å². The maximum atomic E-state index is 14.0. The van der Waals surface area contributed by atoms with Crippen molar-refractivity contribution in [3.8, 4) is 5.75 Å². The number of ether oxygens (including phenoxy) is 1. The van der Waals surface area contributed by atoms with Crippen LogP contribution in [0.4, 0.5) is 33.3 Å². The molecule has 5 rings (SSSR count). The van der Waals surface area contributed by atoms with E-state index >= 15 is 0 Å². The molecule has 0 saturated heterocycles. The molecule has 1 amide bonds. The molecule has 0 radical (unpaired) electrons. The zero-order chi connectivity index (χ0) is 32.3. The summed E-state index contributed by atoms with van der Waals surface area (Å²) in [4.78, 5) is 32.2. The highest BCUT2D eigenvalue weighted by atomic mass is 19.4. The highest BCUT2D eigenvalue weighted by Gasteiger charge is 2.32. The molecule has 0 aliphatic carbocycles. The molecule has 8 nitrogen and oxygen atoms in total. The van der Waals surface area contributed by atoms with Crippen LogP contribution in [-0.4, -0.2) is 33.1 Å².